The number of aromatic nitrogens is 1. The van der Waals surface area contributed by atoms with Gasteiger partial charge in [0, 0.05) is 24.6 Å². The summed E-state index contributed by atoms with van der Waals surface area (Å²) in [4.78, 5) is 14.3. The van der Waals surface area contributed by atoms with Gasteiger partial charge in [0.1, 0.15) is 0 Å². The van der Waals surface area contributed by atoms with E-state index in [9.17, 15) is 4.79 Å². The van der Waals surface area contributed by atoms with Crippen LogP contribution in [0.4, 0.5) is 4.79 Å². The van der Waals surface area contributed by atoms with Gasteiger partial charge >= 0.3 is 6.03 Å². The number of carbonyl (C=O) groups excluding carboxylic acids is 1. The van der Waals surface area contributed by atoms with Crippen LogP contribution in [0, 0.1) is 0 Å². The molecular weight excluding hydrogens is 314 g/mol. The molecular formula is C16H19N3O3S. The highest BCUT2D eigenvalue weighted by Gasteiger charge is 2.27. The number of carbonyl (C=O) groups is 1. The van der Waals surface area contributed by atoms with Gasteiger partial charge in [0.2, 0.25) is 10.9 Å². The molecule has 122 valence electrons. The molecule has 0 saturated carbocycles. The van der Waals surface area contributed by atoms with E-state index in [1.165, 1.54) is 22.7 Å². The van der Waals surface area contributed by atoms with Crippen molar-refractivity contribution in [1.29, 1.82) is 0 Å². The van der Waals surface area contributed by atoms with Crippen LogP contribution in [0.2, 0.25) is 0 Å². The second kappa shape index (κ2) is 6.45. The molecule has 1 aromatic carbocycles. The van der Waals surface area contributed by atoms with Crippen LogP contribution in [0.1, 0.15) is 29.7 Å². The predicted molar refractivity (Wildman–Crippen MR) is 87.9 cm³/mol. The first-order valence-electron chi connectivity index (χ1n) is 7.33. The summed E-state index contributed by atoms with van der Waals surface area (Å²) in [5.41, 5.74) is 3.16. The fraction of sp³-hybridized carbons (Fsp3) is 0.375. The Morgan fingerprint density at radius 1 is 1.26 bits per heavy atom. The van der Waals surface area contributed by atoms with Gasteiger partial charge in [0.25, 0.3) is 0 Å². The first kappa shape index (κ1) is 15.6. The van der Waals surface area contributed by atoms with Crippen LogP contribution in [-0.4, -0.2) is 29.5 Å². The van der Waals surface area contributed by atoms with Crippen molar-refractivity contribution >= 4 is 17.6 Å². The Morgan fingerprint density at radius 3 is 2.48 bits per heavy atom. The monoisotopic (exact) mass is 333 g/mol. The number of hydrogen-bond acceptors (Lipinski definition) is 5. The summed E-state index contributed by atoms with van der Waals surface area (Å²) in [7, 11) is 3.14. The number of nitrogens with one attached hydrogen (secondary N) is 1. The van der Waals surface area contributed by atoms with Crippen LogP contribution < -0.4 is 14.8 Å². The van der Waals surface area contributed by atoms with Gasteiger partial charge in [-0.3, -0.25) is 0 Å². The van der Waals surface area contributed by atoms with Crippen molar-refractivity contribution < 1.29 is 14.3 Å². The summed E-state index contributed by atoms with van der Waals surface area (Å²) in [6.45, 7) is 3.16. The van der Waals surface area contributed by atoms with E-state index in [1.807, 2.05) is 19.1 Å². The third-order valence-corrected chi connectivity index (χ3v) is 4.75. The lowest BCUT2D eigenvalue weighted by Gasteiger charge is -2.21. The van der Waals surface area contributed by atoms with E-state index in [1.54, 1.807) is 19.1 Å². The summed E-state index contributed by atoms with van der Waals surface area (Å²) in [6.07, 6.45) is 0. The maximum absolute atomic E-state index is 12.5. The van der Waals surface area contributed by atoms with Gasteiger partial charge in [-0.1, -0.05) is 24.3 Å². The fourth-order valence-electron chi connectivity index (χ4n) is 2.75. The average Bonchev–Trinajstić information content (AvgIpc) is 3.17. The molecule has 2 aromatic rings. The van der Waals surface area contributed by atoms with Gasteiger partial charge in [0.15, 0.2) is 0 Å². The Balaban J connectivity index is 1.70. The van der Waals surface area contributed by atoms with Crippen molar-refractivity contribution in [2.24, 2.45) is 0 Å². The minimum Gasteiger partial charge on any atom is -0.486 e. The van der Waals surface area contributed by atoms with E-state index in [-0.39, 0.29) is 12.1 Å². The van der Waals surface area contributed by atoms with Crippen LogP contribution in [0.3, 0.4) is 0 Å². The molecule has 0 radical (unpaired) electrons. The van der Waals surface area contributed by atoms with Crippen molar-refractivity contribution in [3.05, 3.63) is 41.0 Å². The summed E-state index contributed by atoms with van der Waals surface area (Å²) in [6, 6.07) is 7.74. The molecule has 0 fully saturated rings. The number of amides is 2. The van der Waals surface area contributed by atoms with E-state index >= 15 is 0 Å². The molecule has 6 nitrogen and oxygen atoms in total. The molecule has 23 heavy (non-hydrogen) atoms. The molecule has 1 atom stereocenters. The Labute approximate surface area is 139 Å². The minimum atomic E-state index is -0.255. The highest BCUT2D eigenvalue weighted by atomic mass is 32.1. The standard InChI is InChI=1S/C16H19N3O3S/c1-10(13-14(21-2)18-23-15(13)22-3)17-16(20)19-8-11-6-4-5-7-12(11)9-19/h4-7,10H,8-9H2,1-3H3,(H,17,20). The van der Waals surface area contributed by atoms with Crippen molar-refractivity contribution in [2.75, 3.05) is 14.2 Å². The number of benzene rings is 1. The quantitative estimate of drug-likeness (QED) is 0.934. The van der Waals surface area contributed by atoms with Crippen LogP contribution in [-0.2, 0) is 13.1 Å². The SMILES string of the molecule is COc1nsc(OC)c1C(C)NC(=O)N1Cc2ccccc2C1. The summed E-state index contributed by atoms with van der Waals surface area (Å²) in [5.74, 6) is 0.490. The normalized spacial score (nSPS) is 14.3. The van der Waals surface area contributed by atoms with E-state index in [0.717, 1.165) is 5.56 Å². The summed E-state index contributed by atoms with van der Waals surface area (Å²) < 4.78 is 14.8. The van der Waals surface area contributed by atoms with Crippen molar-refractivity contribution in [1.82, 2.24) is 14.6 Å². The number of nitrogens with zero attached hydrogens (tertiary/aromatic N) is 2. The topological polar surface area (TPSA) is 63.7 Å². The lowest BCUT2D eigenvalue weighted by atomic mass is 10.1. The number of urea groups is 1. The number of methoxy groups -OCH3 is 2. The highest BCUT2D eigenvalue weighted by Crippen LogP contribution is 2.37. The van der Waals surface area contributed by atoms with Gasteiger partial charge in [-0.2, -0.15) is 4.37 Å². The molecule has 1 N–H and O–H groups in total. The molecule has 1 unspecified atom stereocenters. The molecule has 3 rings (SSSR count). The molecule has 0 saturated heterocycles. The first-order chi connectivity index (χ1) is 11.1. The van der Waals surface area contributed by atoms with E-state index in [4.69, 9.17) is 9.47 Å². The van der Waals surface area contributed by atoms with E-state index in [2.05, 4.69) is 21.8 Å². The zero-order chi connectivity index (χ0) is 16.4. The van der Waals surface area contributed by atoms with E-state index in [0.29, 0.717) is 24.0 Å². The highest BCUT2D eigenvalue weighted by molar-refractivity contribution is 7.08. The Hall–Kier alpha value is -2.28. The van der Waals surface area contributed by atoms with E-state index < -0.39 is 0 Å². The number of rotatable bonds is 4. The molecule has 1 aliphatic heterocycles. The first-order valence-corrected chi connectivity index (χ1v) is 8.11. The maximum atomic E-state index is 12.5. The van der Waals surface area contributed by atoms with Gasteiger partial charge < -0.3 is 19.7 Å². The molecule has 0 bridgehead atoms. The molecule has 2 amide bonds. The lowest BCUT2D eigenvalue weighted by molar-refractivity contribution is 0.194. The molecule has 7 heteroatoms. The van der Waals surface area contributed by atoms with Gasteiger partial charge in [0.05, 0.1) is 25.8 Å². The van der Waals surface area contributed by atoms with Crippen molar-refractivity contribution in [3.8, 4) is 10.9 Å². The lowest BCUT2D eigenvalue weighted by Crippen LogP contribution is -2.37. The molecule has 1 aliphatic rings. The Morgan fingerprint density at radius 2 is 1.91 bits per heavy atom. The fourth-order valence-corrected chi connectivity index (χ4v) is 3.53. The summed E-state index contributed by atoms with van der Waals surface area (Å²) in [5, 5.41) is 3.65. The Kier molecular flexibility index (Phi) is 4.38. The number of ether oxygens (including phenoxy) is 2. The van der Waals surface area contributed by atoms with Gasteiger partial charge in [-0.15, -0.1) is 0 Å². The van der Waals surface area contributed by atoms with Gasteiger partial charge in [-0.25, -0.2) is 4.79 Å². The van der Waals surface area contributed by atoms with Gasteiger partial charge in [-0.05, 0) is 18.1 Å². The maximum Gasteiger partial charge on any atom is 0.318 e. The van der Waals surface area contributed by atoms with Crippen LogP contribution in [0.25, 0.3) is 0 Å². The minimum absolute atomic E-state index is 0.107. The summed E-state index contributed by atoms with van der Waals surface area (Å²) >= 11 is 1.22. The molecule has 0 aliphatic carbocycles. The van der Waals surface area contributed by atoms with Crippen molar-refractivity contribution in [3.63, 3.8) is 0 Å². The van der Waals surface area contributed by atoms with Crippen LogP contribution in [0.15, 0.2) is 24.3 Å². The van der Waals surface area contributed by atoms with Crippen molar-refractivity contribution in [2.45, 2.75) is 26.1 Å². The smallest absolute Gasteiger partial charge is 0.318 e. The second-order valence-electron chi connectivity index (χ2n) is 5.39. The average molecular weight is 333 g/mol. The molecule has 0 spiro atoms. The Bertz CT molecular complexity index is 670. The predicted octanol–water partition coefficient (Wildman–Crippen LogP) is 2.95. The third kappa shape index (κ3) is 2.96. The number of fused-ring (bicyclic) bond motifs is 1. The molecule has 2 heterocycles. The number of hydrogen-bond donors (Lipinski definition) is 1. The van der Waals surface area contributed by atoms with Crippen LogP contribution >= 0.6 is 11.5 Å². The molecule has 1 aromatic heterocycles. The third-order valence-electron chi connectivity index (χ3n) is 3.94. The zero-order valence-corrected chi connectivity index (χ0v) is 14.1. The largest absolute Gasteiger partial charge is 0.486 e. The zero-order valence-electron chi connectivity index (χ0n) is 13.3. The second-order valence-corrected chi connectivity index (χ2v) is 6.13. The van der Waals surface area contributed by atoms with Crippen LogP contribution in [0.5, 0.6) is 10.9 Å².